The van der Waals surface area contributed by atoms with Gasteiger partial charge in [-0.1, -0.05) is 42.5 Å². The van der Waals surface area contributed by atoms with Gasteiger partial charge in [0, 0.05) is 12.1 Å². The van der Waals surface area contributed by atoms with Gasteiger partial charge < -0.3 is 15.7 Å². The van der Waals surface area contributed by atoms with Gasteiger partial charge in [-0.25, -0.2) is 9.59 Å². The normalized spacial score (nSPS) is 11.6. The van der Waals surface area contributed by atoms with Gasteiger partial charge in [0.2, 0.25) is 0 Å². The maximum Gasteiger partial charge on any atom is 0.326 e. The Balaban J connectivity index is 2.03. The molecule has 0 aliphatic heterocycles. The lowest BCUT2D eigenvalue weighted by atomic mass is 10.1. The molecule has 2 amide bonds. The summed E-state index contributed by atoms with van der Waals surface area (Å²) in [5.74, 6) is -1.06. The van der Waals surface area contributed by atoms with Gasteiger partial charge in [-0.05, 0) is 36.6 Å². The number of carbonyl (C=O) groups is 2. The summed E-state index contributed by atoms with van der Waals surface area (Å²) in [6.45, 7) is 3.81. The van der Waals surface area contributed by atoms with Gasteiger partial charge in [-0.3, -0.25) is 0 Å². The number of aliphatic carboxylic acids is 1. The Bertz CT molecular complexity index is 699. The third-order valence-corrected chi connectivity index (χ3v) is 3.53. The SMILES string of the molecule is Cc1ccc(C)c(NC(=O)NC(Cc2ccccc2)C(=O)O)c1. The fourth-order valence-corrected chi connectivity index (χ4v) is 2.24. The number of nitrogens with one attached hydrogen (secondary N) is 2. The van der Waals surface area contributed by atoms with E-state index in [0.717, 1.165) is 16.7 Å². The molecule has 5 nitrogen and oxygen atoms in total. The van der Waals surface area contributed by atoms with Crippen LogP contribution in [0.5, 0.6) is 0 Å². The van der Waals surface area contributed by atoms with Crippen LogP contribution >= 0.6 is 0 Å². The van der Waals surface area contributed by atoms with E-state index in [-0.39, 0.29) is 6.42 Å². The maximum atomic E-state index is 12.1. The lowest BCUT2D eigenvalue weighted by Gasteiger charge is -2.16. The molecule has 2 aromatic rings. The molecule has 0 spiro atoms. The molecule has 1 unspecified atom stereocenters. The number of rotatable bonds is 5. The maximum absolute atomic E-state index is 12.1. The van der Waals surface area contributed by atoms with Crippen molar-refractivity contribution in [1.29, 1.82) is 0 Å². The average Bonchev–Trinajstić information content (AvgIpc) is 2.51. The fourth-order valence-electron chi connectivity index (χ4n) is 2.24. The van der Waals surface area contributed by atoms with Crippen molar-refractivity contribution in [3.63, 3.8) is 0 Å². The Morgan fingerprint density at radius 3 is 2.43 bits per heavy atom. The van der Waals surface area contributed by atoms with Gasteiger partial charge in [-0.2, -0.15) is 0 Å². The highest BCUT2D eigenvalue weighted by atomic mass is 16.4. The molecule has 0 bridgehead atoms. The van der Waals surface area contributed by atoms with E-state index >= 15 is 0 Å². The zero-order valence-electron chi connectivity index (χ0n) is 13.2. The van der Waals surface area contributed by atoms with Gasteiger partial charge in [0.1, 0.15) is 6.04 Å². The second-order valence-corrected chi connectivity index (χ2v) is 5.50. The van der Waals surface area contributed by atoms with Gasteiger partial charge in [0.15, 0.2) is 0 Å². The van der Waals surface area contributed by atoms with E-state index in [4.69, 9.17) is 0 Å². The van der Waals surface area contributed by atoms with Crippen molar-refractivity contribution < 1.29 is 14.7 Å². The predicted octanol–water partition coefficient (Wildman–Crippen LogP) is 3.12. The highest BCUT2D eigenvalue weighted by Gasteiger charge is 2.20. The van der Waals surface area contributed by atoms with E-state index < -0.39 is 18.0 Å². The average molecular weight is 312 g/mol. The summed E-state index contributed by atoms with van der Waals surface area (Å²) < 4.78 is 0. The van der Waals surface area contributed by atoms with E-state index in [0.29, 0.717) is 5.69 Å². The van der Waals surface area contributed by atoms with Crippen LogP contribution in [0.4, 0.5) is 10.5 Å². The molecule has 2 aromatic carbocycles. The third kappa shape index (κ3) is 4.85. The highest BCUT2D eigenvalue weighted by Crippen LogP contribution is 2.16. The molecule has 0 saturated carbocycles. The van der Waals surface area contributed by atoms with Crippen molar-refractivity contribution in [1.82, 2.24) is 5.32 Å². The van der Waals surface area contributed by atoms with E-state index in [1.54, 1.807) is 0 Å². The van der Waals surface area contributed by atoms with Gasteiger partial charge in [-0.15, -0.1) is 0 Å². The number of hydrogen-bond acceptors (Lipinski definition) is 2. The summed E-state index contributed by atoms with van der Waals surface area (Å²) in [6, 6.07) is 13.4. The molecule has 120 valence electrons. The summed E-state index contributed by atoms with van der Waals surface area (Å²) in [6.07, 6.45) is 0.233. The first-order chi connectivity index (χ1) is 11.0. The Kier molecular flexibility index (Phi) is 5.36. The number of amides is 2. The molecule has 0 aromatic heterocycles. The van der Waals surface area contributed by atoms with Crippen LogP contribution in [0.3, 0.4) is 0 Å². The first-order valence-electron chi connectivity index (χ1n) is 7.37. The number of carbonyl (C=O) groups excluding carboxylic acids is 1. The van der Waals surface area contributed by atoms with Crippen LogP contribution < -0.4 is 10.6 Å². The number of benzene rings is 2. The zero-order chi connectivity index (χ0) is 16.8. The third-order valence-electron chi connectivity index (χ3n) is 3.53. The zero-order valence-corrected chi connectivity index (χ0v) is 13.2. The molecule has 23 heavy (non-hydrogen) atoms. The molecule has 0 saturated heterocycles. The molecule has 2 rings (SSSR count). The monoisotopic (exact) mass is 312 g/mol. The van der Waals surface area contributed by atoms with Crippen molar-refractivity contribution in [3.8, 4) is 0 Å². The summed E-state index contributed by atoms with van der Waals surface area (Å²) in [4.78, 5) is 23.5. The van der Waals surface area contributed by atoms with Crippen LogP contribution in [-0.2, 0) is 11.2 Å². The van der Waals surface area contributed by atoms with Crippen molar-refractivity contribution >= 4 is 17.7 Å². The minimum Gasteiger partial charge on any atom is -0.480 e. The van der Waals surface area contributed by atoms with E-state index in [1.807, 2.05) is 62.4 Å². The molecule has 0 fully saturated rings. The summed E-state index contributed by atoms with van der Waals surface area (Å²) in [5, 5.41) is 14.5. The Hall–Kier alpha value is -2.82. The molecule has 1 atom stereocenters. The Labute approximate surface area is 135 Å². The summed E-state index contributed by atoms with van der Waals surface area (Å²) in [5.41, 5.74) is 3.46. The standard InChI is InChI=1S/C18H20N2O3/c1-12-8-9-13(2)15(10-12)19-18(23)20-16(17(21)22)11-14-6-4-3-5-7-14/h3-10,16H,11H2,1-2H3,(H,21,22)(H2,19,20,23). The second kappa shape index (κ2) is 7.45. The minimum absolute atomic E-state index is 0.233. The highest BCUT2D eigenvalue weighted by molar-refractivity contribution is 5.93. The Morgan fingerprint density at radius 1 is 1.09 bits per heavy atom. The van der Waals surface area contributed by atoms with E-state index in [1.165, 1.54) is 0 Å². The summed E-state index contributed by atoms with van der Waals surface area (Å²) >= 11 is 0. The topological polar surface area (TPSA) is 78.4 Å². The lowest BCUT2D eigenvalue weighted by Crippen LogP contribution is -2.44. The Morgan fingerprint density at radius 2 is 1.78 bits per heavy atom. The summed E-state index contributed by atoms with van der Waals surface area (Å²) in [7, 11) is 0. The number of anilines is 1. The predicted molar refractivity (Wildman–Crippen MR) is 89.6 cm³/mol. The fraction of sp³-hybridized carbons (Fsp3) is 0.222. The molecule has 0 radical (unpaired) electrons. The molecular weight excluding hydrogens is 292 g/mol. The number of carboxylic acids is 1. The number of urea groups is 1. The van der Waals surface area contributed by atoms with Crippen LogP contribution in [0.1, 0.15) is 16.7 Å². The van der Waals surface area contributed by atoms with Gasteiger partial charge in [0.25, 0.3) is 0 Å². The largest absolute Gasteiger partial charge is 0.480 e. The lowest BCUT2D eigenvalue weighted by molar-refractivity contribution is -0.139. The van der Waals surface area contributed by atoms with Crippen LogP contribution in [-0.4, -0.2) is 23.1 Å². The molecule has 0 aliphatic rings. The first kappa shape index (κ1) is 16.5. The first-order valence-corrected chi connectivity index (χ1v) is 7.37. The van der Waals surface area contributed by atoms with Gasteiger partial charge >= 0.3 is 12.0 Å². The molecular formula is C18H20N2O3. The van der Waals surface area contributed by atoms with Crippen molar-refractivity contribution in [2.75, 3.05) is 5.32 Å². The van der Waals surface area contributed by atoms with E-state index in [2.05, 4.69) is 10.6 Å². The van der Waals surface area contributed by atoms with Crippen molar-refractivity contribution in [2.45, 2.75) is 26.3 Å². The van der Waals surface area contributed by atoms with Crippen molar-refractivity contribution in [2.24, 2.45) is 0 Å². The quantitative estimate of drug-likeness (QED) is 0.793. The van der Waals surface area contributed by atoms with Crippen LogP contribution in [0, 0.1) is 13.8 Å². The van der Waals surface area contributed by atoms with E-state index in [9.17, 15) is 14.7 Å². The van der Waals surface area contributed by atoms with Crippen molar-refractivity contribution in [3.05, 3.63) is 65.2 Å². The van der Waals surface area contributed by atoms with Gasteiger partial charge in [0.05, 0.1) is 0 Å². The second-order valence-electron chi connectivity index (χ2n) is 5.50. The minimum atomic E-state index is -1.06. The van der Waals surface area contributed by atoms with Crippen LogP contribution in [0.2, 0.25) is 0 Å². The van der Waals surface area contributed by atoms with Crippen LogP contribution in [0.25, 0.3) is 0 Å². The number of hydrogen-bond donors (Lipinski definition) is 3. The molecule has 5 heteroatoms. The molecule has 3 N–H and O–H groups in total. The van der Waals surface area contributed by atoms with Crippen LogP contribution in [0.15, 0.2) is 48.5 Å². The number of aryl methyl sites for hydroxylation is 2. The molecule has 0 heterocycles. The smallest absolute Gasteiger partial charge is 0.326 e. The molecule has 0 aliphatic carbocycles. The number of carboxylic acid groups (broad SMARTS) is 1.